The molecule has 2 rings (SSSR count). The van der Waals surface area contributed by atoms with Crippen LogP contribution in [0.5, 0.6) is 5.75 Å². The predicted molar refractivity (Wildman–Crippen MR) is 75.9 cm³/mol. The van der Waals surface area contributed by atoms with Gasteiger partial charge in [0.15, 0.2) is 5.75 Å². The van der Waals surface area contributed by atoms with E-state index in [2.05, 4.69) is 0 Å². The zero-order chi connectivity index (χ0) is 14.5. The van der Waals surface area contributed by atoms with Gasteiger partial charge in [0, 0.05) is 6.07 Å². The topological polar surface area (TPSA) is 72.6 Å². The third-order valence-electron chi connectivity index (χ3n) is 3.82. The van der Waals surface area contributed by atoms with Crippen LogP contribution in [0.15, 0.2) is 18.2 Å². The number of benzene rings is 1. The molecule has 110 valence electrons. The van der Waals surface area contributed by atoms with Gasteiger partial charge in [-0.15, -0.1) is 0 Å². The van der Waals surface area contributed by atoms with Gasteiger partial charge in [-0.1, -0.05) is 31.7 Å². The highest BCUT2D eigenvalue weighted by atomic mass is 16.6. The minimum Gasteiger partial charge on any atom is -0.484 e. The van der Waals surface area contributed by atoms with Crippen LogP contribution in [0.3, 0.4) is 0 Å². The molecule has 1 atom stereocenters. The van der Waals surface area contributed by atoms with E-state index in [1.807, 2.05) is 0 Å². The molecular weight excluding hydrogens is 258 g/mol. The van der Waals surface area contributed by atoms with Crippen molar-refractivity contribution in [1.29, 1.82) is 0 Å². The molecule has 5 heteroatoms. The lowest BCUT2D eigenvalue weighted by atomic mass is 10.0. The van der Waals surface area contributed by atoms with Gasteiger partial charge in [-0.05, 0) is 30.9 Å². The Kier molecular flexibility index (Phi) is 4.95. The van der Waals surface area contributed by atoms with Crippen LogP contribution < -0.4 is 4.74 Å². The van der Waals surface area contributed by atoms with Crippen molar-refractivity contribution in [2.45, 2.75) is 45.1 Å². The second-order valence-corrected chi connectivity index (χ2v) is 5.58. The second-order valence-electron chi connectivity index (χ2n) is 5.58. The summed E-state index contributed by atoms with van der Waals surface area (Å²) < 4.78 is 5.43. The number of aliphatic hydroxyl groups is 1. The summed E-state index contributed by atoms with van der Waals surface area (Å²) in [6.45, 7) is 1.91. The van der Waals surface area contributed by atoms with Gasteiger partial charge in [0.1, 0.15) is 6.61 Å². The van der Waals surface area contributed by atoms with Crippen LogP contribution in [0.4, 0.5) is 5.69 Å². The number of rotatable bonds is 6. The molecule has 1 saturated carbocycles. The average Bonchev–Trinajstić information content (AvgIpc) is 2.90. The summed E-state index contributed by atoms with van der Waals surface area (Å²) in [5.74, 6) is 0.799. The predicted octanol–water partition coefficient (Wildman–Crippen LogP) is 3.22. The van der Waals surface area contributed by atoms with Crippen molar-refractivity contribution in [2.75, 3.05) is 6.61 Å². The van der Waals surface area contributed by atoms with Crippen LogP contribution in [0.25, 0.3) is 0 Å². The summed E-state index contributed by atoms with van der Waals surface area (Å²) in [6, 6.07) is 4.85. The Morgan fingerprint density at radius 1 is 1.45 bits per heavy atom. The van der Waals surface area contributed by atoms with E-state index in [4.69, 9.17) is 4.74 Å². The number of aryl methyl sites for hydroxylation is 1. The summed E-state index contributed by atoms with van der Waals surface area (Å²) in [4.78, 5) is 10.5. The number of nitrogens with zero attached hydrogens (tertiary/aromatic N) is 1. The fraction of sp³-hybridized carbons (Fsp3) is 0.600. The number of nitro groups is 1. The van der Waals surface area contributed by atoms with Crippen molar-refractivity contribution in [2.24, 2.45) is 5.92 Å². The lowest BCUT2D eigenvalue weighted by Crippen LogP contribution is -2.20. The molecule has 0 aliphatic heterocycles. The Morgan fingerprint density at radius 2 is 2.15 bits per heavy atom. The van der Waals surface area contributed by atoms with E-state index in [1.54, 1.807) is 19.1 Å². The lowest BCUT2D eigenvalue weighted by Gasteiger charge is -2.16. The zero-order valence-corrected chi connectivity index (χ0v) is 11.7. The largest absolute Gasteiger partial charge is 0.484 e. The molecule has 1 fully saturated rings. The molecule has 1 N–H and O–H groups in total. The summed E-state index contributed by atoms with van der Waals surface area (Å²) >= 11 is 0. The van der Waals surface area contributed by atoms with Gasteiger partial charge in [0.05, 0.1) is 11.0 Å². The fourth-order valence-corrected chi connectivity index (χ4v) is 2.78. The number of aliphatic hydroxyl groups excluding tert-OH is 1. The molecule has 1 aromatic rings. The molecular formula is C15H21NO4. The lowest BCUT2D eigenvalue weighted by molar-refractivity contribution is -0.386. The summed E-state index contributed by atoms with van der Waals surface area (Å²) in [5, 5.41) is 20.9. The van der Waals surface area contributed by atoms with Gasteiger partial charge < -0.3 is 9.84 Å². The molecule has 20 heavy (non-hydrogen) atoms. The highest BCUT2D eigenvalue weighted by Gasteiger charge is 2.21. The van der Waals surface area contributed by atoms with Crippen LogP contribution in [0.2, 0.25) is 0 Å². The van der Waals surface area contributed by atoms with E-state index in [0.717, 1.165) is 12.0 Å². The maximum absolute atomic E-state index is 11.0. The third-order valence-corrected chi connectivity index (χ3v) is 3.82. The second kappa shape index (κ2) is 6.70. The highest BCUT2D eigenvalue weighted by molar-refractivity contribution is 5.48. The zero-order valence-electron chi connectivity index (χ0n) is 11.7. The Labute approximate surface area is 118 Å². The van der Waals surface area contributed by atoms with Crippen LogP contribution in [0.1, 0.15) is 37.7 Å². The summed E-state index contributed by atoms with van der Waals surface area (Å²) in [5.41, 5.74) is 0.772. The van der Waals surface area contributed by atoms with Crippen LogP contribution >= 0.6 is 0 Å². The van der Waals surface area contributed by atoms with E-state index in [-0.39, 0.29) is 18.0 Å². The average molecular weight is 279 g/mol. The Hall–Kier alpha value is -1.62. The van der Waals surface area contributed by atoms with E-state index in [9.17, 15) is 15.2 Å². The molecule has 0 spiro atoms. The number of hydrogen-bond donors (Lipinski definition) is 1. The Balaban J connectivity index is 1.91. The first-order chi connectivity index (χ1) is 9.56. The van der Waals surface area contributed by atoms with Crippen LogP contribution in [-0.2, 0) is 0 Å². The highest BCUT2D eigenvalue weighted by Crippen LogP contribution is 2.30. The van der Waals surface area contributed by atoms with Gasteiger partial charge in [-0.2, -0.15) is 0 Å². The first-order valence-corrected chi connectivity index (χ1v) is 7.12. The molecule has 0 heterocycles. The molecule has 0 aromatic heterocycles. The molecule has 1 aliphatic rings. The van der Waals surface area contributed by atoms with Crippen molar-refractivity contribution in [3.63, 3.8) is 0 Å². The SMILES string of the molecule is Cc1ccc(OCC(O)CC2CCCC2)c([N+](=O)[O-])c1. The molecule has 0 amide bonds. The Morgan fingerprint density at radius 3 is 2.80 bits per heavy atom. The molecule has 5 nitrogen and oxygen atoms in total. The van der Waals surface area contributed by atoms with Gasteiger partial charge in [-0.25, -0.2) is 0 Å². The first kappa shape index (κ1) is 14.8. The maximum Gasteiger partial charge on any atom is 0.311 e. The number of hydrogen-bond acceptors (Lipinski definition) is 4. The van der Waals surface area contributed by atoms with Crippen molar-refractivity contribution < 1.29 is 14.8 Å². The van der Waals surface area contributed by atoms with Gasteiger partial charge in [0.2, 0.25) is 0 Å². The molecule has 1 unspecified atom stereocenters. The van der Waals surface area contributed by atoms with E-state index in [1.165, 1.54) is 31.7 Å². The fourth-order valence-electron chi connectivity index (χ4n) is 2.78. The number of ether oxygens (including phenoxy) is 1. The number of nitro benzene ring substituents is 1. The minimum absolute atomic E-state index is 0.0435. The smallest absolute Gasteiger partial charge is 0.311 e. The van der Waals surface area contributed by atoms with Crippen molar-refractivity contribution in [3.05, 3.63) is 33.9 Å². The monoisotopic (exact) mass is 279 g/mol. The molecule has 1 aliphatic carbocycles. The van der Waals surface area contributed by atoms with Crippen molar-refractivity contribution in [3.8, 4) is 5.75 Å². The third kappa shape index (κ3) is 3.93. The van der Waals surface area contributed by atoms with Gasteiger partial charge in [-0.3, -0.25) is 10.1 Å². The van der Waals surface area contributed by atoms with Gasteiger partial charge >= 0.3 is 5.69 Å². The molecule has 0 bridgehead atoms. The molecule has 0 saturated heterocycles. The van der Waals surface area contributed by atoms with E-state index < -0.39 is 11.0 Å². The summed E-state index contributed by atoms with van der Waals surface area (Å²) in [6.07, 6.45) is 4.98. The maximum atomic E-state index is 11.0. The van der Waals surface area contributed by atoms with Gasteiger partial charge in [0.25, 0.3) is 0 Å². The van der Waals surface area contributed by atoms with Crippen LogP contribution in [0, 0.1) is 23.0 Å². The standard InChI is InChI=1S/C15H21NO4/c1-11-6-7-15(14(8-11)16(18)19)20-10-13(17)9-12-4-2-3-5-12/h6-8,12-13,17H,2-5,9-10H2,1H3. The quantitative estimate of drug-likeness (QED) is 0.641. The van der Waals surface area contributed by atoms with E-state index in [0.29, 0.717) is 5.92 Å². The van der Waals surface area contributed by atoms with E-state index >= 15 is 0 Å². The molecule has 0 radical (unpaired) electrons. The minimum atomic E-state index is -0.556. The van der Waals surface area contributed by atoms with Crippen LogP contribution in [-0.4, -0.2) is 22.7 Å². The molecule has 1 aromatic carbocycles. The van der Waals surface area contributed by atoms with Crippen molar-refractivity contribution in [1.82, 2.24) is 0 Å². The summed E-state index contributed by atoms with van der Waals surface area (Å²) in [7, 11) is 0. The normalized spacial score (nSPS) is 17.1. The first-order valence-electron chi connectivity index (χ1n) is 7.12. The van der Waals surface area contributed by atoms with Crippen molar-refractivity contribution >= 4 is 5.69 Å². The Bertz CT molecular complexity index is 469.